The number of methoxy groups -OCH3 is 1. The largest absolute Gasteiger partial charge is 0.495 e. The highest BCUT2D eigenvalue weighted by molar-refractivity contribution is 7.92. The Labute approximate surface area is 158 Å². The minimum Gasteiger partial charge on any atom is -0.495 e. The minimum atomic E-state index is -3.33. The fraction of sp³-hybridized carbons (Fsp3) is 0.263. The molecule has 7 heteroatoms. The molecule has 5 nitrogen and oxygen atoms in total. The summed E-state index contributed by atoms with van der Waals surface area (Å²) in [6.07, 6.45) is 3.21. The van der Waals surface area contributed by atoms with Crippen LogP contribution in [0.1, 0.15) is 19.9 Å². The molecule has 0 fully saturated rings. The van der Waals surface area contributed by atoms with Crippen LogP contribution in [0.5, 0.6) is 5.75 Å². The van der Waals surface area contributed by atoms with E-state index in [0.29, 0.717) is 16.5 Å². The molecule has 0 radical (unpaired) electrons. The third-order valence-electron chi connectivity index (χ3n) is 4.16. The molecule has 1 aromatic heterocycles. The van der Waals surface area contributed by atoms with E-state index in [0.717, 1.165) is 28.3 Å². The molecule has 0 aliphatic heterocycles. The summed E-state index contributed by atoms with van der Waals surface area (Å²) >= 11 is 6.14. The number of rotatable bonds is 5. The molecule has 2 aromatic carbocycles. The molecule has 3 rings (SSSR count). The van der Waals surface area contributed by atoms with Crippen LogP contribution in [0.15, 0.2) is 42.6 Å². The van der Waals surface area contributed by atoms with Crippen LogP contribution >= 0.6 is 11.6 Å². The molecule has 0 atom stereocenters. The van der Waals surface area contributed by atoms with Gasteiger partial charge in [0.15, 0.2) is 0 Å². The molecule has 1 N–H and O–H groups in total. The molecule has 0 spiro atoms. The first kappa shape index (κ1) is 18.6. The first-order valence-electron chi connectivity index (χ1n) is 8.16. The SMILES string of the molecule is COc1cc(-c2cn(C(C)C)c3cc(NS(C)(=O)=O)ccc23)ccc1Cl. The highest BCUT2D eigenvalue weighted by Gasteiger charge is 2.15. The van der Waals surface area contributed by atoms with Crippen molar-refractivity contribution in [1.82, 2.24) is 4.57 Å². The first-order chi connectivity index (χ1) is 12.2. The Hall–Kier alpha value is -2.18. The van der Waals surface area contributed by atoms with E-state index in [4.69, 9.17) is 16.3 Å². The van der Waals surface area contributed by atoms with E-state index >= 15 is 0 Å². The number of ether oxygens (including phenoxy) is 1. The molecule has 0 aliphatic rings. The van der Waals surface area contributed by atoms with Gasteiger partial charge in [-0.1, -0.05) is 23.7 Å². The molecule has 0 saturated heterocycles. The average Bonchev–Trinajstić information content (AvgIpc) is 2.93. The molecule has 0 amide bonds. The number of nitrogens with one attached hydrogen (secondary N) is 1. The summed E-state index contributed by atoms with van der Waals surface area (Å²) in [7, 11) is -1.74. The summed E-state index contributed by atoms with van der Waals surface area (Å²) < 4.78 is 33.1. The van der Waals surface area contributed by atoms with E-state index in [1.54, 1.807) is 13.2 Å². The second kappa shape index (κ2) is 6.85. The standard InChI is InChI=1S/C19H21ClN2O3S/c1-12(2)22-11-16(13-5-8-17(20)19(9-13)25-3)15-7-6-14(10-18(15)22)21-26(4,23)24/h5-12,21H,1-4H3. The van der Waals surface area contributed by atoms with Gasteiger partial charge in [-0.05, 0) is 43.7 Å². The topological polar surface area (TPSA) is 60.3 Å². The zero-order valence-electron chi connectivity index (χ0n) is 15.1. The summed E-state index contributed by atoms with van der Waals surface area (Å²) in [5.41, 5.74) is 3.52. The van der Waals surface area contributed by atoms with E-state index in [1.165, 1.54) is 0 Å². The third kappa shape index (κ3) is 3.66. The molecule has 0 aliphatic carbocycles. The minimum absolute atomic E-state index is 0.217. The number of sulfonamides is 1. The third-order valence-corrected chi connectivity index (χ3v) is 5.07. The number of aromatic nitrogens is 1. The lowest BCUT2D eigenvalue weighted by Gasteiger charge is -2.10. The van der Waals surface area contributed by atoms with Crippen molar-refractivity contribution in [2.24, 2.45) is 0 Å². The zero-order chi connectivity index (χ0) is 19.1. The monoisotopic (exact) mass is 392 g/mol. The lowest BCUT2D eigenvalue weighted by molar-refractivity contribution is 0.415. The number of fused-ring (bicyclic) bond motifs is 1. The van der Waals surface area contributed by atoms with Gasteiger partial charge in [-0.2, -0.15) is 0 Å². The van der Waals surface area contributed by atoms with Crippen LogP contribution in [0.4, 0.5) is 5.69 Å². The highest BCUT2D eigenvalue weighted by atomic mass is 35.5. The molecule has 1 heterocycles. The van der Waals surface area contributed by atoms with Crippen LogP contribution < -0.4 is 9.46 Å². The Morgan fingerprint density at radius 3 is 2.50 bits per heavy atom. The van der Waals surface area contributed by atoms with Crippen LogP contribution in [0, 0.1) is 0 Å². The maximum atomic E-state index is 11.5. The van der Waals surface area contributed by atoms with E-state index in [1.807, 2.05) is 30.3 Å². The van der Waals surface area contributed by atoms with Crippen LogP contribution in [0.3, 0.4) is 0 Å². The van der Waals surface area contributed by atoms with Crippen molar-refractivity contribution in [3.8, 4) is 16.9 Å². The quantitative estimate of drug-likeness (QED) is 0.670. The van der Waals surface area contributed by atoms with Gasteiger partial charge in [0.1, 0.15) is 5.75 Å². The summed E-state index contributed by atoms with van der Waals surface area (Å²) in [5, 5.41) is 1.59. The van der Waals surface area contributed by atoms with Gasteiger partial charge in [0, 0.05) is 23.2 Å². The Balaban J connectivity index is 2.21. The van der Waals surface area contributed by atoms with Gasteiger partial charge in [0.05, 0.1) is 29.6 Å². The van der Waals surface area contributed by atoms with Crippen LogP contribution in [-0.2, 0) is 10.0 Å². The van der Waals surface area contributed by atoms with E-state index in [9.17, 15) is 8.42 Å². The summed E-state index contributed by atoms with van der Waals surface area (Å²) in [5.74, 6) is 0.616. The molecule has 0 saturated carbocycles. The second-order valence-electron chi connectivity index (χ2n) is 6.50. The number of hydrogen-bond acceptors (Lipinski definition) is 3. The van der Waals surface area contributed by atoms with Gasteiger partial charge >= 0.3 is 0 Å². The van der Waals surface area contributed by atoms with Gasteiger partial charge in [-0.3, -0.25) is 4.72 Å². The molecular weight excluding hydrogens is 372 g/mol. The smallest absolute Gasteiger partial charge is 0.229 e. The van der Waals surface area contributed by atoms with Gasteiger partial charge in [-0.25, -0.2) is 8.42 Å². The van der Waals surface area contributed by atoms with E-state index < -0.39 is 10.0 Å². The van der Waals surface area contributed by atoms with Crippen molar-refractivity contribution in [3.63, 3.8) is 0 Å². The van der Waals surface area contributed by atoms with Gasteiger partial charge < -0.3 is 9.30 Å². The van der Waals surface area contributed by atoms with Crippen molar-refractivity contribution >= 4 is 38.2 Å². The molecule has 26 heavy (non-hydrogen) atoms. The predicted octanol–water partition coefficient (Wildman–Crippen LogP) is 4.92. The summed E-state index contributed by atoms with van der Waals surface area (Å²) in [4.78, 5) is 0. The van der Waals surface area contributed by atoms with Crippen LogP contribution in [0.25, 0.3) is 22.0 Å². The highest BCUT2D eigenvalue weighted by Crippen LogP contribution is 2.37. The van der Waals surface area contributed by atoms with Crippen molar-refractivity contribution < 1.29 is 13.2 Å². The van der Waals surface area contributed by atoms with Crippen LogP contribution in [0.2, 0.25) is 5.02 Å². The Morgan fingerprint density at radius 2 is 1.88 bits per heavy atom. The number of benzene rings is 2. The number of halogens is 1. The maximum Gasteiger partial charge on any atom is 0.229 e. The molecule has 0 bridgehead atoms. The molecule has 0 unspecified atom stereocenters. The van der Waals surface area contributed by atoms with Gasteiger partial charge in [0.25, 0.3) is 0 Å². The Morgan fingerprint density at radius 1 is 1.15 bits per heavy atom. The number of hydrogen-bond donors (Lipinski definition) is 1. The van der Waals surface area contributed by atoms with Crippen molar-refractivity contribution in [3.05, 3.63) is 47.6 Å². The first-order valence-corrected chi connectivity index (χ1v) is 10.4. The van der Waals surface area contributed by atoms with E-state index in [-0.39, 0.29) is 6.04 Å². The lowest BCUT2D eigenvalue weighted by Crippen LogP contribution is -2.09. The van der Waals surface area contributed by atoms with Crippen LogP contribution in [-0.4, -0.2) is 26.4 Å². The van der Waals surface area contributed by atoms with Gasteiger partial charge in [-0.15, -0.1) is 0 Å². The van der Waals surface area contributed by atoms with Gasteiger partial charge in [0.2, 0.25) is 10.0 Å². The molecule has 3 aromatic rings. The zero-order valence-corrected chi connectivity index (χ0v) is 16.6. The normalized spacial score (nSPS) is 11.9. The fourth-order valence-electron chi connectivity index (χ4n) is 3.01. The average molecular weight is 393 g/mol. The second-order valence-corrected chi connectivity index (χ2v) is 8.65. The van der Waals surface area contributed by atoms with Crippen molar-refractivity contribution in [2.45, 2.75) is 19.9 Å². The summed E-state index contributed by atoms with van der Waals surface area (Å²) in [6.45, 7) is 4.17. The molecular formula is C19H21ClN2O3S. The lowest BCUT2D eigenvalue weighted by atomic mass is 10.0. The summed E-state index contributed by atoms with van der Waals surface area (Å²) in [6, 6.07) is 11.4. The van der Waals surface area contributed by atoms with Crippen molar-refractivity contribution in [1.29, 1.82) is 0 Å². The Bertz CT molecular complexity index is 1070. The number of nitrogens with zero attached hydrogens (tertiary/aromatic N) is 1. The Kier molecular flexibility index (Phi) is 4.90. The fourth-order valence-corrected chi connectivity index (χ4v) is 3.76. The number of anilines is 1. The molecule has 138 valence electrons. The van der Waals surface area contributed by atoms with E-state index in [2.05, 4.69) is 29.3 Å². The maximum absolute atomic E-state index is 11.5. The predicted molar refractivity (Wildman–Crippen MR) is 108 cm³/mol. The van der Waals surface area contributed by atoms with Crippen molar-refractivity contribution in [2.75, 3.05) is 18.1 Å².